The van der Waals surface area contributed by atoms with Crippen LogP contribution in [0.15, 0.2) is 41.4 Å². The number of fused-ring (bicyclic) bond motifs is 1. The van der Waals surface area contributed by atoms with E-state index in [4.69, 9.17) is 15.2 Å². The molecule has 3 aromatic rings. The minimum Gasteiger partial charge on any atom is -0.387 e. The third kappa shape index (κ3) is 3.42. The van der Waals surface area contributed by atoms with E-state index in [0.717, 1.165) is 10.0 Å². The fraction of sp³-hybridized carbons (Fsp3) is 0.353. The molecule has 0 spiro atoms. The van der Waals surface area contributed by atoms with Gasteiger partial charge in [0, 0.05) is 4.47 Å². The van der Waals surface area contributed by atoms with Crippen LogP contribution in [-0.2, 0) is 16.1 Å². The summed E-state index contributed by atoms with van der Waals surface area (Å²) in [5.74, 6) is 0.236. The standard InChI is InChI=1S/C17H18BrN5O4/c18-10-4-2-1-3-9(10)5-26-6-11-13(24)14(25)17(27-11)23-8-22-12-15(19)20-7-21-16(12)23/h1-4,7-8,11,13-14,17,24-25H,5-6H2,(H2,19,20,21)/t11-,13-,14-,17-/m1/s1. The Labute approximate surface area is 162 Å². The molecule has 1 aromatic carbocycles. The number of benzene rings is 1. The van der Waals surface area contributed by atoms with E-state index in [9.17, 15) is 10.2 Å². The molecule has 0 saturated carbocycles. The van der Waals surface area contributed by atoms with Crippen LogP contribution in [0, 0.1) is 0 Å². The second kappa shape index (κ2) is 7.49. The molecular formula is C17H18BrN5O4. The van der Waals surface area contributed by atoms with Crippen LogP contribution in [-0.4, -0.2) is 54.7 Å². The predicted molar refractivity (Wildman–Crippen MR) is 99.5 cm³/mol. The van der Waals surface area contributed by atoms with Gasteiger partial charge in [0.1, 0.15) is 30.2 Å². The van der Waals surface area contributed by atoms with Crippen molar-refractivity contribution in [1.82, 2.24) is 19.5 Å². The van der Waals surface area contributed by atoms with E-state index in [-0.39, 0.29) is 12.4 Å². The number of halogens is 1. The molecule has 0 aliphatic carbocycles. The van der Waals surface area contributed by atoms with Crippen molar-refractivity contribution in [2.75, 3.05) is 12.3 Å². The van der Waals surface area contributed by atoms with Gasteiger partial charge in [-0.2, -0.15) is 0 Å². The minimum atomic E-state index is -1.16. The average molecular weight is 436 g/mol. The number of nitrogens with zero attached hydrogens (tertiary/aromatic N) is 4. The molecule has 1 aliphatic rings. The van der Waals surface area contributed by atoms with Gasteiger partial charge in [-0.1, -0.05) is 34.1 Å². The number of ether oxygens (including phenoxy) is 2. The summed E-state index contributed by atoms with van der Waals surface area (Å²) in [6.07, 6.45) is -1.03. The lowest BCUT2D eigenvalue weighted by Crippen LogP contribution is -2.33. The number of anilines is 1. The van der Waals surface area contributed by atoms with Crippen molar-refractivity contribution in [2.24, 2.45) is 0 Å². The van der Waals surface area contributed by atoms with E-state index in [1.165, 1.54) is 17.2 Å². The van der Waals surface area contributed by atoms with Crippen molar-refractivity contribution >= 4 is 32.9 Å². The van der Waals surface area contributed by atoms with Gasteiger partial charge in [-0.25, -0.2) is 15.0 Å². The first-order chi connectivity index (χ1) is 13.1. The number of aliphatic hydroxyl groups is 2. The fourth-order valence-electron chi connectivity index (χ4n) is 3.05. The Morgan fingerprint density at radius 3 is 2.81 bits per heavy atom. The topological polar surface area (TPSA) is 129 Å². The second-order valence-electron chi connectivity index (χ2n) is 6.24. The molecule has 1 aliphatic heterocycles. The smallest absolute Gasteiger partial charge is 0.167 e. The van der Waals surface area contributed by atoms with Crippen molar-refractivity contribution in [2.45, 2.75) is 31.1 Å². The lowest BCUT2D eigenvalue weighted by atomic mass is 10.1. The molecule has 1 fully saturated rings. The monoisotopic (exact) mass is 435 g/mol. The largest absolute Gasteiger partial charge is 0.387 e. The highest BCUT2D eigenvalue weighted by atomic mass is 79.9. The van der Waals surface area contributed by atoms with Gasteiger partial charge in [-0.05, 0) is 11.6 Å². The normalized spacial score (nSPS) is 25.3. The zero-order valence-electron chi connectivity index (χ0n) is 14.1. The maximum atomic E-state index is 10.4. The summed E-state index contributed by atoms with van der Waals surface area (Å²) < 4.78 is 14.0. The van der Waals surface area contributed by atoms with Crippen LogP contribution < -0.4 is 5.73 Å². The number of nitrogens with two attached hydrogens (primary N) is 1. The van der Waals surface area contributed by atoms with Gasteiger partial charge in [0.15, 0.2) is 17.7 Å². The Hall–Kier alpha value is -2.11. The van der Waals surface area contributed by atoms with Crippen LogP contribution in [0.4, 0.5) is 5.82 Å². The third-order valence-corrected chi connectivity index (χ3v) is 5.27. The maximum Gasteiger partial charge on any atom is 0.167 e. The SMILES string of the molecule is Nc1ncnc2c1ncn2[C@@H]1O[C@H](COCc2ccccc2Br)[C@@H](O)[C@H]1O. The van der Waals surface area contributed by atoms with E-state index in [1.54, 1.807) is 0 Å². The Morgan fingerprint density at radius 2 is 2.00 bits per heavy atom. The van der Waals surface area contributed by atoms with Crippen LogP contribution in [0.3, 0.4) is 0 Å². The molecule has 9 nitrogen and oxygen atoms in total. The molecular weight excluding hydrogens is 418 g/mol. The highest BCUT2D eigenvalue weighted by molar-refractivity contribution is 9.10. The third-order valence-electron chi connectivity index (χ3n) is 4.50. The Balaban J connectivity index is 1.46. The summed E-state index contributed by atoms with van der Waals surface area (Å²) in [6.45, 7) is 0.479. The van der Waals surface area contributed by atoms with Gasteiger partial charge in [0.2, 0.25) is 0 Å². The molecule has 142 valence electrons. The number of hydrogen-bond acceptors (Lipinski definition) is 8. The van der Waals surface area contributed by atoms with Gasteiger partial charge >= 0.3 is 0 Å². The molecule has 27 heavy (non-hydrogen) atoms. The van der Waals surface area contributed by atoms with E-state index >= 15 is 0 Å². The van der Waals surface area contributed by atoms with E-state index < -0.39 is 24.5 Å². The molecule has 1 saturated heterocycles. The molecule has 3 heterocycles. The molecule has 2 aromatic heterocycles. The molecule has 0 radical (unpaired) electrons. The zero-order chi connectivity index (χ0) is 19.0. The summed E-state index contributed by atoms with van der Waals surface area (Å²) >= 11 is 3.46. The number of imidazole rings is 1. The van der Waals surface area contributed by atoms with Crippen LogP contribution in [0.25, 0.3) is 11.2 Å². The van der Waals surface area contributed by atoms with Gasteiger partial charge in [-0.3, -0.25) is 4.57 Å². The van der Waals surface area contributed by atoms with Gasteiger partial charge < -0.3 is 25.4 Å². The van der Waals surface area contributed by atoms with E-state index in [1.807, 2.05) is 24.3 Å². The van der Waals surface area contributed by atoms with Gasteiger partial charge in [-0.15, -0.1) is 0 Å². The first-order valence-electron chi connectivity index (χ1n) is 8.32. The van der Waals surface area contributed by atoms with Crippen LogP contribution in [0.5, 0.6) is 0 Å². The summed E-state index contributed by atoms with van der Waals surface area (Å²) in [4.78, 5) is 12.2. The summed E-state index contributed by atoms with van der Waals surface area (Å²) in [7, 11) is 0. The molecule has 4 N–H and O–H groups in total. The maximum absolute atomic E-state index is 10.4. The van der Waals surface area contributed by atoms with Crippen LogP contribution in [0.2, 0.25) is 0 Å². The van der Waals surface area contributed by atoms with Crippen molar-refractivity contribution in [3.05, 3.63) is 47.0 Å². The highest BCUT2D eigenvalue weighted by Crippen LogP contribution is 2.32. The number of aliphatic hydroxyl groups excluding tert-OH is 2. The fourth-order valence-corrected chi connectivity index (χ4v) is 3.45. The number of rotatable bonds is 5. The quantitative estimate of drug-likeness (QED) is 0.541. The number of aromatic nitrogens is 4. The van der Waals surface area contributed by atoms with Crippen molar-refractivity contribution in [3.63, 3.8) is 0 Å². The zero-order valence-corrected chi connectivity index (χ0v) is 15.7. The van der Waals surface area contributed by atoms with Gasteiger partial charge in [0.05, 0.1) is 19.5 Å². The van der Waals surface area contributed by atoms with E-state index in [2.05, 4.69) is 30.9 Å². The predicted octanol–water partition coefficient (Wildman–Crippen LogP) is 1.01. The number of nitrogen functional groups attached to an aromatic ring is 1. The van der Waals surface area contributed by atoms with Crippen LogP contribution >= 0.6 is 15.9 Å². The average Bonchev–Trinajstić information content (AvgIpc) is 3.21. The second-order valence-corrected chi connectivity index (χ2v) is 7.09. The highest BCUT2D eigenvalue weighted by Gasteiger charge is 2.44. The molecule has 4 atom stereocenters. The molecule has 0 amide bonds. The molecule has 10 heteroatoms. The lowest BCUT2D eigenvalue weighted by molar-refractivity contribution is -0.0683. The molecule has 0 unspecified atom stereocenters. The first kappa shape index (κ1) is 18.3. The van der Waals surface area contributed by atoms with Crippen LogP contribution in [0.1, 0.15) is 11.8 Å². The Bertz CT molecular complexity index is 952. The summed E-state index contributed by atoms with van der Waals surface area (Å²) in [5, 5.41) is 20.8. The summed E-state index contributed by atoms with van der Waals surface area (Å²) in [6, 6.07) is 7.71. The molecule has 4 rings (SSSR count). The van der Waals surface area contributed by atoms with Gasteiger partial charge in [0.25, 0.3) is 0 Å². The van der Waals surface area contributed by atoms with Crippen molar-refractivity contribution < 1.29 is 19.7 Å². The Morgan fingerprint density at radius 1 is 1.19 bits per heavy atom. The first-order valence-corrected chi connectivity index (χ1v) is 9.11. The summed E-state index contributed by atoms with van der Waals surface area (Å²) in [5.41, 5.74) is 7.61. The Kier molecular flexibility index (Phi) is 5.06. The minimum absolute atomic E-state index is 0.125. The van der Waals surface area contributed by atoms with Crippen molar-refractivity contribution in [1.29, 1.82) is 0 Å². The number of hydrogen-bond donors (Lipinski definition) is 3. The van der Waals surface area contributed by atoms with Crippen molar-refractivity contribution in [3.8, 4) is 0 Å². The molecule has 0 bridgehead atoms. The lowest BCUT2D eigenvalue weighted by Gasteiger charge is -2.16. The van der Waals surface area contributed by atoms with E-state index in [0.29, 0.717) is 17.8 Å².